The van der Waals surface area contributed by atoms with Crippen LogP contribution in [0.5, 0.6) is 5.75 Å². The van der Waals surface area contributed by atoms with E-state index >= 15 is 0 Å². The number of rotatable bonds is 3. The molecule has 0 N–H and O–H groups in total. The van der Waals surface area contributed by atoms with Gasteiger partial charge in [-0.1, -0.05) is 26.0 Å². The average Bonchev–Trinajstić information content (AvgIpc) is 2.48. The molecule has 0 radical (unpaired) electrons. The van der Waals surface area contributed by atoms with Crippen LogP contribution in [0.3, 0.4) is 0 Å². The van der Waals surface area contributed by atoms with Gasteiger partial charge in [-0.15, -0.1) is 0 Å². The zero-order chi connectivity index (χ0) is 17.2. The van der Waals surface area contributed by atoms with Crippen LogP contribution in [0, 0.1) is 6.92 Å². The molecule has 5 nitrogen and oxygen atoms in total. The van der Waals surface area contributed by atoms with Crippen LogP contribution in [0.25, 0.3) is 0 Å². The number of quaternary nitrogens is 1. The van der Waals surface area contributed by atoms with Gasteiger partial charge in [-0.25, -0.2) is 4.79 Å². The van der Waals surface area contributed by atoms with Crippen LogP contribution in [-0.2, 0) is 4.74 Å². The second-order valence-corrected chi connectivity index (χ2v) is 7.28. The summed E-state index contributed by atoms with van der Waals surface area (Å²) in [7, 11) is 6.31. The Bertz CT molecular complexity index is 570. The summed E-state index contributed by atoms with van der Waals surface area (Å²) in [6.07, 6.45) is -0.285. The van der Waals surface area contributed by atoms with E-state index in [1.165, 1.54) is 5.56 Å². The molecular weight excluding hydrogens is 292 g/mol. The SMILES string of the molecule is Cc1ccc(C(C)C)c([N+](C)(C)C)c1OC(=O)N1CCOCC1. The summed E-state index contributed by atoms with van der Waals surface area (Å²) in [6, 6.07) is 4.18. The number of aryl methyl sites for hydroxylation is 1. The first-order valence-corrected chi connectivity index (χ1v) is 8.22. The zero-order valence-electron chi connectivity index (χ0n) is 15.2. The Balaban J connectivity index is 2.40. The molecule has 1 heterocycles. The number of ether oxygens (including phenoxy) is 2. The van der Waals surface area contributed by atoms with Crippen LogP contribution in [0.1, 0.15) is 30.9 Å². The van der Waals surface area contributed by atoms with Crippen LogP contribution in [0.15, 0.2) is 12.1 Å². The molecule has 23 heavy (non-hydrogen) atoms. The minimum atomic E-state index is -0.285. The molecule has 1 fully saturated rings. The van der Waals surface area contributed by atoms with E-state index in [0.29, 0.717) is 42.5 Å². The Morgan fingerprint density at radius 3 is 2.35 bits per heavy atom. The van der Waals surface area contributed by atoms with E-state index < -0.39 is 0 Å². The number of amides is 1. The van der Waals surface area contributed by atoms with Gasteiger partial charge in [-0.2, -0.15) is 0 Å². The Hall–Kier alpha value is -1.59. The average molecular weight is 321 g/mol. The van der Waals surface area contributed by atoms with Crippen molar-refractivity contribution in [1.82, 2.24) is 9.38 Å². The van der Waals surface area contributed by atoms with Gasteiger partial charge in [-0.05, 0) is 18.4 Å². The Labute approximate surface area is 139 Å². The molecule has 1 amide bonds. The fourth-order valence-electron chi connectivity index (χ4n) is 2.87. The smallest absolute Gasteiger partial charge is 0.403 e. The molecule has 0 aliphatic carbocycles. The van der Waals surface area contributed by atoms with E-state index in [2.05, 4.69) is 41.1 Å². The minimum Gasteiger partial charge on any atom is -0.403 e. The summed E-state index contributed by atoms with van der Waals surface area (Å²) in [5, 5.41) is 0. The monoisotopic (exact) mass is 321 g/mol. The van der Waals surface area contributed by atoms with Crippen molar-refractivity contribution in [2.24, 2.45) is 0 Å². The zero-order valence-corrected chi connectivity index (χ0v) is 15.2. The molecule has 0 saturated carbocycles. The second-order valence-electron chi connectivity index (χ2n) is 7.28. The van der Waals surface area contributed by atoms with E-state index in [4.69, 9.17) is 9.47 Å². The number of hydrogen-bond acceptors (Lipinski definition) is 3. The van der Waals surface area contributed by atoms with Crippen molar-refractivity contribution in [3.05, 3.63) is 23.3 Å². The van der Waals surface area contributed by atoms with Gasteiger partial charge in [0.2, 0.25) is 0 Å². The summed E-state index contributed by atoms with van der Waals surface area (Å²) in [5.74, 6) is 1.06. The van der Waals surface area contributed by atoms with Crippen LogP contribution in [0.2, 0.25) is 0 Å². The number of carbonyl (C=O) groups is 1. The number of hydrogen-bond donors (Lipinski definition) is 0. The molecule has 1 saturated heterocycles. The molecule has 0 atom stereocenters. The number of nitrogens with zero attached hydrogens (tertiary/aromatic N) is 2. The highest BCUT2D eigenvalue weighted by Crippen LogP contribution is 2.40. The highest BCUT2D eigenvalue weighted by Gasteiger charge is 2.29. The first kappa shape index (κ1) is 17.8. The van der Waals surface area contributed by atoms with E-state index in [0.717, 1.165) is 11.3 Å². The molecule has 0 unspecified atom stereocenters. The maximum absolute atomic E-state index is 12.5. The van der Waals surface area contributed by atoms with Gasteiger partial charge in [-0.3, -0.25) is 4.48 Å². The molecule has 0 spiro atoms. The maximum atomic E-state index is 12.5. The predicted molar refractivity (Wildman–Crippen MR) is 93.3 cm³/mol. The van der Waals surface area contributed by atoms with Gasteiger partial charge in [0, 0.05) is 18.7 Å². The summed E-state index contributed by atoms with van der Waals surface area (Å²) in [4.78, 5) is 14.2. The van der Waals surface area contributed by atoms with E-state index in [1.807, 2.05) is 13.0 Å². The predicted octanol–water partition coefficient (Wildman–Crippen LogP) is 3.15. The number of morpholine rings is 1. The van der Waals surface area contributed by atoms with Gasteiger partial charge in [0.1, 0.15) is 0 Å². The van der Waals surface area contributed by atoms with Gasteiger partial charge in [0.25, 0.3) is 0 Å². The van der Waals surface area contributed by atoms with Crippen molar-refractivity contribution < 1.29 is 14.3 Å². The standard InChI is InChI=1S/C18H29N2O3/c1-13(2)15-8-7-14(3)17(16(15)20(4,5)6)23-18(21)19-9-11-22-12-10-19/h7-8,13H,9-12H2,1-6H3/q+1. The second kappa shape index (κ2) is 6.89. The topological polar surface area (TPSA) is 38.8 Å². The van der Waals surface area contributed by atoms with Crippen molar-refractivity contribution in [2.45, 2.75) is 26.7 Å². The van der Waals surface area contributed by atoms with Crippen molar-refractivity contribution >= 4 is 11.8 Å². The third-order valence-electron chi connectivity index (χ3n) is 4.11. The van der Waals surface area contributed by atoms with Gasteiger partial charge < -0.3 is 14.4 Å². The largest absolute Gasteiger partial charge is 0.415 e. The maximum Gasteiger partial charge on any atom is 0.415 e. The first-order chi connectivity index (χ1) is 10.7. The van der Waals surface area contributed by atoms with Crippen LogP contribution < -0.4 is 9.22 Å². The van der Waals surface area contributed by atoms with Crippen LogP contribution >= 0.6 is 0 Å². The highest BCUT2D eigenvalue weighted by atomic mass is 16.6. The summed E-state index contributed by atoms with van der Waals surface area (Å²) < 4.78 is 11.8. The lowest BCUT2D eigenvalue weighted by atomic mass is 9.97. The normalized spacial score (nSPS) is 15.9. The summed E-state index contributed by atoms with van der Waals surface area (Å²) >= 11 is 0. The van der Waals surface area contributed by atoms with Gasteiger partial charge >= 0.3 is 6.09 Å². The lowest BCUT2D eigenvalue weighted by Crippen LogP contribution is -2.43. The third kappa shape index (κ3) is 4.03. The fourth-order valence-corrected chi connectivity index (χ4v) is 2.87. The molecule has 0 aromatic heterocycles. The van der Waals surface area contributed by atoms with Crippen molar-refractivity contribution in [3.63, 3.8) is 0 Å². The highest BCUT2D eigenvalue weighted by molar-refractivity contribution is 5.76. The van der Waals surface area contributed by atoms with Crippen molar-refractivity contribution in [1.29, 1.82) is 0 Å². The molecule has 1 aromatic carbocycles. The Morgan fingerprint density at radius 1 is 1.22 bits per heavy atom. The molecule has 128 valence electrons. The molecule has 1 aliphatic heterocycles. The molecular formula is C18H29N2O3+. The van der Waals surface area contributed by atoms with E-state index in [1.54, 1.807) is 4.90 Å². The number of carbonyl (C=O) groups excluding carboxylic acids is 1. The van der Waals surface area contributed by atoms with Crippen molar-refractivity contribution in [2.75, 3.05) is 47.4 Å². The molecule has 5 heteroatoms. The third-order valence-corrected chi connectivity index (χ3v) is 4.11. The van der Waals surface area contributed by atoms with Crippen molar-refractivity contribution in [3.8, 4) is 5.75 Å². The first-order valence-electron chi connectivity index (χ1n) is 8.22. The lowest BCUT2D eigenvalue weighted by molar-refractivity contribution is 0.0414. The number of benzene rings is 1. The molecule has 1 aromatic rings. The molecule has 1 aliphatic rings. The molecule has 0 bridgehead atoms. The quantitative estimate of drug-likeness (QED) is 0.803. The molecule has 2 rings (SSSR count). The Morgan fingerprint density at radius 2 is 1.83 bits per heavy atom. The fraction of sp³-hybridized carbons (Fsp3) is 0.611. The summed E-state index contributed by atoms with van der Waals surface area (Å²) in [5.41, 5.74) is 3.27. The van der Waals surface area contributed by atoms with Gasteiger partial charge in [0.15, 0.2) is 11.4 Å². The lowest BCUT2D eigenvalue weighted by Gasteiger charge is -2.31. The van der Waals surface area contributed by atoms with Gasteiger partial charge in [0.05, 0.1) is 34.4 Å². The van der Waals surface area contributed by atoms with Crippen LogP contribution in [-0.4, -0.2) is 58.4 Å². The Kier molecular flexibility index (Phi) is 5.32. The van der Waals surface area contributed by atoms with E-state index in [9.17, 15) is 4.79 Å². The summed E-state index contributed by atoms with van der Waals surface area (Å²) in [6.45, 7) is 8.63. The van der Waals surface area contributed by atoms with Crippen LogP contribution in [0.4, 0.5) is 10.5 Å². The minimum absolute atomic E-state index is 0.285. The van der Waals surface area contributed by atoms with E-state index in [-0.39, 0.29) is 6.09 Å².